The van der Waals surface area contributed by atoms with Crippen LogP contribution in [-0.2, 0) is 4.74 Å². The number of ether oxygens (including phenoxy) is 1. The molecule has 0 bridgehead atoms. The molecule has 0 aromatic heterocycles. The van der Waals surface area contributed by atoms with Gasteiger partial charge in [0, 0.05) is 32.0 Å². The van der Waals surface area contributed by atoms with E-state index in [4.69, 9.17) is 4.74 Å². The van der Waals surface area contributed by atoms with Gasteiger partial charge in [0.25, 0.3) is 0 Å². The monoisotopic (exact) mass is 312 g/mol. The summed E-state index contributed by atoms with van der Waals surface area (Å²) in [6.07, 6.45) is 2.08. The Kier molecular flexibility index (Phi) is 5.13. The van der Waals surface area contributed by atoms with Crippen LogP contribution in [0.25, 0.3) is 10.8 Å². The highest BCUT2D eigenvalue weighted by molar-refractivity contribution is 5.93. The van der Waals surface area contributed by atoms with Gasteiger partial charge in [0.1, 0.15) is 0 Å². The van der Waals surface area contributed by atoms with Crippen molar-refractivity contribution in [1.82, 2.24) is 4.90 Å². The molecular weight excluding hydrogens is 288 g/mol. The number of benzene rings is 2. The van der Waals surface area contributed by atoms with Crippen LogP contribution in [-0.4, -0.2) is 37.2 Å². The molecule has 2 aromatic carbocycles. The van der Waals surface area contributed by atoms with Gasteiger partial charge in [0.05, 0.1) is 0 Å². The van der Waals surface area contributed by atoms with E-state index in [2.05, 4.69) is 17.4 Å². The van der Waals surface area contributed by atoms with Gasteiger partial charge in [-0.3, -0.25) is 0 Å². The van der Waals surface area contributed by atoms with Crippen LogP contribution in [0, 0.1) is 5.92 Å². The van der Waals surface area contributed by atoms with Crippen molar-refractivity contribution in [3.05, 3.63) is 42.5 Å². The standard InChI is InChI=1S/C19H24N2O2/c1-2-21(14-15-9-11-23-12-10-15)19(22)20-18-8-7-16-5-3-4-6-17(16)13-18/h3-8,13,15H,2,9-12,14H2,1H3,(H,20,22). The first kappa shape index (κ1) is 15.8. The molecule has 122 valence electrons. The summed E-state index contributed by atoms with van der Waals surface area (Å²) in [4.78, 5) is 14.4. The lowest BCUT2D eigenvalue weighted by molar-refractivity contribution is 0.0576. The molecule has 0 saturated carbocycles. The fourth-order valence-electron chi connectivity index (χ4n) is 3.07. The molecule has 2 amide bonds. The van der Waals surface area contributed by atoms with Crippen molar-refractivity contribution < 1.29 is 9.53 Å². The first-order valence-electron chi connectivity index (χ1n) is 8.38. The van der Waals surface area contributed by atoms with Crippen LogP contribution >= 0.6 is 0 Å². The van der Waals surface area contributed by atoms with Crippen LogP contribution in [0.3, 0.4) is 0 Å². The minimum Gasteiger partial charge on any atom is -0.381 e. The summed E-state index contributed by atoms with van der Waals surface area (Å²) in [6, 6.07) is 14.2. The Morgan fingerprint density at radius 3 is 2.65 bits per heavy atom. The van der Waals surface area contributed by atoms with Crippen LogP contribution in [0.15, 0.2) is 42.5 Å². The number of amides is 2. The number of hydrogen-bond donors (Lipinski definition) is 1. The van der Waals surface area contributed by atoms with Crippen LogP contribution in [0.1, 0.15) is 19.8 Å². The second-order valence-electron chi connectivity index (χ2n) is 6.09. The summed E-state index contributed by atoms with van der Waals surface area (Å²) in [6.45, 7) is 5.18. The van der Waals surface area contributed by atoms with Gasteiger partial charge in [0.2, 0.25) is 0 Å². The topological polar surface area (TPSA) is 41.6 Å². The Hall–Kier alpha value is -2.07. The summed E-state index contributed by atoms with van der Waals surface area (Å²) in [7, 11) is 0. The first-order chi connectivity index (χ1) is 11.3. The van der Waals surface area contributed by atoms with Crippen molar-refractivity contribution in [3.8, 4) is 0 Å². The van der Waals surface area contributed by atoms with E-state index in [0.29, 0.717) is 5.92 Å². The second kappa shape index (κ2) is 7.47. The molecular formula is C19H24N2O2. The zero-order valence-electron chi connectivity index (χ0n) is 13.6. The van der Waals surface area contributed by atoms with E-state index in [1.807, 2.05) is 42.2 Å². The van der Waals surface area contributed by atoms with Gasteiger partial charge in [-0.15, -0.1) is 0 Å². The third kappa shape index (κ3) is 4.02. The maximum absolute atomic E-state index is 12.5. The molecule has 1 aliphatic heterocycles. The van der Waals surface area contributed by atoms with Crippen LogP contribution in [0.2, 0.25) is 0 Å². The summed E-state index contributed by atoms with van der Waals surface area (Å²) >= 11 is 0. The Bertz CT molecular complexity index is 665. The number of hydrogen-bond acceptors (Lipinski definition) is 2. The van der Waals surface area contributed by atoms with Gasteiger partial charge in [-0.2, -0.15) is 0 Å². The molecule has 2 aromatic rings. The number of nitrogens with zero attached hydrogens (tertiary/aromatic N) is 1. The molecule has 0 aliphatic carbocycles. The van der Waals surface area contributed by atoms with E-state index in [9.17, 15) is 4.79 Å². The average Bonchev–Trinajstić information content (AvgIpc) is 2.60. The van der Waals surface area contributed by atoms with Gasteiger partial charge in [-0.1, -0.05) is 30.3 Å². The molecule has 1 N–H and O–H groups in total. The first-order valence-corrected chi connectivity index (χ1v) is 8.38. The van der Waals surface area contributed by atoms with Crippen molar-refractivity contribution in [2.75, 3.05) is 31.6 Å². The second-order valence-corrected chi connectivity index (χ2v) is 6.09. The van der Waals surface area contributed by atoms with E-state index in [0.717, 1.165) is 50.2 Å². The predicted molar refractivity (Wildman–Crippen MR) is 93.8 cm³/mol. The van der Waals surface area contributed by atoms with Crippen molar-refractivity contribution in [3.63, 3.8) is 0 Å². The van der Waals surface area contributed by atoms with Crippen molar-refractivity contribution in [2.24, 2.45) is 5.92 Å². The van der Waals surface area contributed by atoms with E-state index in [-0.39, 0.29) is 6.03 Å². The quantitative estimate of drug-likeness (QED) is 0.922. The molecule has 1 fully saturated rings. The lowest BCUT2D eigenvalue weighted by Gasteiger charge is -2.29. The number of nitrogens with one attached hydrogen (secondary N) is 1. The van der Waals surface area contributed by atoms with Crippen LogP contribution < -0.4 is 5.32 Å². The van der Waals surface area contributed by atoms with Crippen molar-refractivity contribution in [2.45, 2.75) is 19.8 Å². The summed E-state index contributed by atoms with van der Waals surface area (Å²) in [5, 5.41) is 5.35. The molecule has 23 heavy (non-hydrogen) atoms. The molecule has 4 nitrogen and oxygen atoms in total. The van der Waals surface area contributed by atoms with Gasteiger partial charge >= 0.3 is 6.03 Å². The Morgan fingerprint density at radius 1 is 1.17 bits per heavy atom. The lowest BCUT2D eigenvalue weighted by Crippen LogP contribution is -2.39. The Labute approximate surface area is 137 Å². The van der Waals surface area contributed by atoms with Gasteiger partial charge in [-0.05, 0) is 48.6 Å². The normalized spacial score (nSPS) is 15.5. The number of carbonyl (C=O) groups is 1. The minimum absolute atomic E-state index is 0.0192. The minimum atomic E-state index is -0.0192. The van der Waals surface area contributed by atoms with Crippen molar-refractivity contribution >= 4 is 22.5 Å². The highest BCUT2D eigenvalue weighted by atomic mass is 16.5. The predicted octanol–water partition coefficient (Wildman–Crippen LogP) is 4.12. The Morgan fingerprint density at radius 2 is 1.91 bits per heavy atom. The zero-order valence-corrected chi connectivity index (χ0v) is 13.6. The maximum Gasteiger partial charge on any atom is 0.321 e. The molecule has 1 heterocycles. The number of fused-ring (bicyclic) bond motifs is 1. The summed E-state index contributed by atoms with van der Waals surface area (Å²) in [5.74, 6) is 0.547. The SMILES string of the molecule is CCN(CC1CCOCC1)C(=O)Nc1ccc2ccccc2c1. The number of carbonyl (C=O) groups excluding carboxylic acids is 1. The maximum atomic E-state index is 12.5. The van der Waals surface area contributed by atoms with Gasteiger partial charge in [-0.25, -0.2) is 4.79 Å². The fourth-order valence-corrected chi connectivity index (χ4v) is 3.07. The van der Waals surface area contributed by atoms with Crippen molar-refractivity contribution in [1.29, 1.82) is 0 Å². The third-order valence-corrected chi connectivity index (χ3v) is 4.49. The highest BCUT2D eigenvalue weighted by Crippen LogP contribution is 2.20. The van der Waals surface area contributed by atoms with E-state index >= 15 is 0 Å². The van der Waals surface area contributed by atoms with Crippen LogP contribution in [0.5, 0.6) is 0 Å². The highest BCUT2D eigenvalue weighted by Gasteiger charge is 2.20. The molecule has 3 rings (SSSR count). The molecule has 4 heteroatoms. The van der Waals surface area contributed by atoms with Crippen LogP contribution in [0.4, 0.5) is 10.5 Å². The lowest BCUT2D eigenvalue weighted by atomic mass is 10.00. The summed E-state index contributed by atoms with van der Waals surface area (Å²) < 4.78 is 5.39. The molecule has 0 atom stereocenters. The van der Waals surface area contributed by atoms with Gasteiger partial charge < -0.3 is 15.0 Å². The molecule has 0 radical (unpaired) electrons. The molecule has 0 unspecified atom stereocenters. The third-order valence-electron chi connectivity index (χ3n) is 4.49. The molecule has 1 aliphatic rings. The largest absolute Gasteiger partial charge is 0.381 e. The number of anilines is 1. The fraction of sp³-hybridized carbons (Fsp3) is 0.421. The summed E-state index contributed by atoms with van der Waals surface area (Å²) in [5.41, 5.74) is 0.846. The van der Waals surface area contributed by atoms with E-state index in [1.165, 1.54) is 5.39 Å². The number of rotatable bonds is 4. The van der Waals surface area contributed by atoms with Gasteiger partial charge in [0.15, 0.2) is 0 Å². The molecule has 1 saturated heterocycles. The van der Waals surface area contributed by atoms with E-state index < -0.39 is 0 Å². The zero-order chi connectivity index (χ0) is 16.1. The number of urea groups is 1. The molecule has 0 spiro atoms. The average molecular weight is 312 g/mol. The smallest absolute Gasteiger partial charge is 0.321 e. The Balaban J connectivity index is 1.65. The van der Waals surface area contributed by atoms with E-state index in [1.54, 1.807) is 0 Å².